The van der Waals surface area contributed by atoms with Crippen LogP contribution < -0.4 is 11.1 Å². The summed E-state index contributed by atoms with van der Waals surface area (Å²) in [6.45, 7) is 2.55. The maximum absolute atomic E-state index is 5.72. The molecule has 0 bridgehead atoms. The van der Waals surface area contributed by atoms with E-state index in [9.17, 15) is 0 Å². The van der Waals surface area contributed by atoms with Gasteiger partial charge in [0.25, 0.3) is 0 Å². The zero-order chi connectivity index (χ0) is 13.0. The molecule has 0 aliphatic rings. The second-order valence-electron chi connectivity index (χ2n) is 3.89. The van der Waals surface area contributed by atoms with Crippen molar-refractivity contribution < 1.29 is 0 Å². The molecule has 2 aromatic heterocycles. The van der Waals surface area contributed by atoms with Crippen LogP contribution in [0.15, 0.2) is 36.7 Å². The van der Waals surface area contributed by atoms with Gasteiger partial charge in [-0.2, -0.15) is 0 Å². The molecule has 2 heterocycles. The van der Waals surface area contributed by atoms with Gasteiger partial charge in [-0.15, -0.1) is 0 Å². The van der Waals surface area contributed by atoms with Gasteiger partial charge in [0.15, 0.2) is 0 Å². The summed E-state index contributed by atoms with van der Waals surface area (Å²) in [5.74, 6) is 0.702. The van der Waals surface area contributed by atoms with Gasteiger partial charge in [0.2, 0.25) is 0 Å². The van der Waals surface area contributed by atoms with Crippen LogP contribution in [0.2, 0.25) is 0 Å². The van der Waals surface area contributed by atoms with Crippen molar-refractivity contribution >= 4 is 23.0 Å². The van der Waals surface area contributed by atoms with E-state index in [0.717, 1.165) is 16.8 Å². The van der Waals surface area contributed by atoms with Gasteiger partial charge in [0.1, 0.15) is 10.8 Å². The minimum Gasteiger partial charge on any atom is -0.389 e. The SMILES string of the molecule is Cc1ccnc(NCc2ccccn2)c1C(N)=S. The molecule has 0 fully saturated rings. The third kappa shape index (κ3) is 2.81. The van der Waals surface area contributed by atoms with E-state index in [1.165, 1.54) is 0 Å². The second kappa shape index (κ2) is 5.55. The number of hydrogen-bond acceptors (Lipinski definition) is 4. The zero-order valence-corrected chi connectivity index (χ0v) is 10.9. The van der Waals surface area contributed by atoms with E-state index in [4.69, 9.17) is 18.0 Å². The van der Waals surface area contributed by atoms with Crippen LogP contribution in [0.5, 0.6) is 0 Å². The van der Waals surface area contributed by atoms with Crippen molar-refractivity contribution in [3.63, 3.8) is 0 Å². The van der Waals surface area contributed by atoms with E-state index < -0.39 is 0 Å². The maximum atomic E-state index is 5.72. The molecule has 0 unspecified atom stereocenters. The van der Waals surface area contributed by atoms with E-state index in [-0.39, 0.29) is 0 Å². The Kier molecular flexibility index (Phi) is 3.84. The van der Waals surface area contributed by atoms with E-state index >= 15 is 0 Å². The molecule has 5 heteroatoms. The van der Waals surface area contributed by atoms with E-state index in [1.807, 2.05) is 31.2 Å². The highest BCUT2D eigenvalue weighted by atomic mass is 32.1. The van der Waals surface area contributed by atoms with Crippen molar-refractivity contribution in [2.45, 2.75) is 13.5 Å². The lowest BCUT2D eigenvalue weighted by molar-refractivity contribution is 1.03. The van der Waals surface area contributed by atoms with Crippen LogP contribution in [0.4, 0.5) is 5.82 Å². The average Bonchev–Trinajstić information content (AvgIpc) is 2.37. The smallest absolute Gasteiger partial charge is 0.136 e. The first kappa shape index (κ1) is 12.4. The first-order chi connectivity index (χ1) is 8.68. The first-order valence-corrected chi connectivity index (χ1v) is 5.98. The molecule has 0 spiro atoms. The molecule has 3 N–H and O–H groups in total. The summed E-state index contributed by atoms with van der Waals surface area (Å²) in [4.78, 5) is 8.86. The monoisotopic (exact) mass is 258 g/mol. The van der Waals surface area contributed by atoms with Crippen LogP contribution in [-0.2, 0) is 6.54 Å². The normalized spacial score (nSPS) is 10.1. The molecule has 0 atom stereocenters. The number of nitrogens with two attached hydrogens (primary N) is 1. The van der Waals surface area contributed by atoms with Crippen LogP contribution >= 0.6 is 12.2 Å². The molecule has 92 valence electrons. The van der Waals surface area contributed by atoms with Crippen LogP contribution in [0.3, 0.4) is 0 Å². The molecule has 0 saturated heterocycles. The number of aryl methyl sites for hydroxylation is 1. The highest BCUT2D eigenvalue weighted by Crippen LogP contribution is 2.16. The van der Waals surface area contributed by atoms with Crippen molar-refractivity contribution in [1.29, 1.82) is 0 Å². The van der Waals surface area contributed by atoms with Crippen LogP contribution in [0.25, 0.3) is 0 Å². The van der Waals surface area contributed by atoms with Gasteiger partial charge in [0, 0.05) is 12.4 Å². The number of thiocarbonyl (C=S) groups is 1. The van der Waals surface area contributed by atoms with Crippen LogP contribution in [0, 0.1) is 6.92 Å². The molecule has 2 aromatic rings. The topological polar surface area (TPSA) is 63.8 Å². The fourth-order valence-electron chi connectivity index (χ4n) is 1.68. The first-order valence-electron chi connectivity index (χ1n) is 5.57. The number of rotatable bonds is 4. The largest absolute Gasteiger partial charge is 0.389 e. The number of nitrogens with one attached hydrogen (secondary N) is 1. The summed E-state index contributed by atoms with van der Waals surface area (Å²) >= 11 is 5.05. The van der Waals surface area contributed by atoms with Crippen molar-refractivity contribution in [2.24, 2.45) is 5.73 Å². The molecule has 0 aliphatic heterocycles. The molecule has 0 aromatic carbocycles. The van der Waals surface area contributed by atoms with Crippen LogP contribution in [0.1, 0.15) is 16.8 Å². The van der Waals surface area contributed by atoms with Gasteiger partial charge >= 0.3 is 0 Å². The van der Waals surface area contributed by atoms with Gasteiger partial charge in [-0.05, 0) is 30.7 Å². The summed E-state index contributed by atoms with van der Waals surface area (Å²) < 4.78 is 0. The van der Waals surface area contributed by atoms with Gasteiger partial charge in [-0.3, -0.25) is 4.98 Å². The summed E-state index contributed by atoms with van der Waals surface area (Å²) in [7, 11) is 0. The Morgan fingerprint density at radius 2 is 2.11 bits per heavy atom. The summed E-state index contributed by atoms with van der Waals surface area (Å²) in [5.41, 5.74) is 8.47. The Hall–Kier alpha value is -2.01. The number of hydrogen-bond donors (Lipinski definition) is 2. The Morgan fingerprint density at radius 3 is 2.78 bits per heavy atom. The maximum Gasteiger partial charge on any atom is 0.136 e. The standard InChI is InChI=1S/C13H14N4S/c1-9-5-7-16-13(11(9)12(14)18)17-8-10-4-2-3-6-15-10/h2-7H,8H2,1H3,(H2,14,18)(H,16,17). The van der Waals surface area contributed by atoms with Crippen LogP contribution in [-0.4, -0.2) is 15.0 Å². The molecule has 0 amide bonds. The average molecular weight is 258 g/mol. The molecular formula is C13H14N4S. The Morgan fingerprint density at radius 1 is 1.28 bits per heavy atom. The highest BCUT2D eigenvalue weighted by Gasteiger charge is 2.09. The molecule has 0 saturated carbocycles. The molecule has 0 aliphatic carbocycles. The summed E-state index contributed by atoms with van der Waals surface area (Å²) in [5, 5.41) is 3.21. The lowest BCUT2D eigenvalue weighted by Crippen LogP contribution is -2.16. The van der Waals surface area contributed by atoms with Crippen molar-refractivity contribution in [2.75, 3.05) is 5.32 Å². The quantitative estimate of drug-likeness (QED) is 0.822. The molecule has 4 nitrogen and oxygen atoms in total. The predicted octanol–water partition coefficient (Wildman–Crippen LogP) is 2.03. The van der Waals surface area contributed by atoms with Gasteiger partial charge in [0.05, 0.1) is 17.8 Å². The van der Waals surface area contributed by atoms with Gasteiger partial charge in [-0.25, -0.2) is 4.98 Å². The Bertz CT molecular complexity index is 554. The third-order valence-electron chi connectivity index (χ3n) is 2.57. The number of pyridine rings is 2. The van der Waals surface area contributed by atoms with Crippen molar-refractivity contribution in [1.82, 2.24) is 9.97 Å². The number of aromatic nitrogens is 2. The molecule has 0 radical (unpaired) electrons. The lowest BCUT2D eigenvalue weighted by Gasteiger charge is -2.11. The Labute approximate surface area is 111 Å². The second-order valence-corrected chi connectivity index (χ2v) is 4.33. The molecule has 18 heavy (non-hydrogen) atoms. The highest BCUT2D eigenvalue weighted by molar-refractivity contribution is 7.80. The number of nitrogens with zero attached hydrogens (tertiary/aromatic N) is 2. The van der Waals surface area contributed by atoms with Gasteiger partial charge in [-0.1, -0.05) is 18.3 Å². The number of anilines is 1. The summed E-state index contributed by atoms with van der Waals surface area (Å²) in [6.07, 6.45) is 3.49. The molecular weight excluding hydrogens is 244 g/mol. The third-order valence-corrected chi connectivity index (χ3v) is 2.77. The minimum absolute atomic E-state index is 0.351. The zero-order valence-electron chi connectivity index (χ0n) is 10.1. The van der Waals surface area contributed by atoms with Gasteiger partial charge < -0.3 is 11.1 Å². The minimum atomic E-state index is 0.351. The fourth-order valence-corrected chi connectivity index (χ4v) is 1.94. The van der Waals surface area contributed by atoms with E-state index in [0.29, 0.717) is 17.4 Å². The van der Waals surface area contributed by atoms with Crippen molar-refractivity contribution in [3.8, 4) is 0 Å². The molecule has 2 rings (SSSR count). The van der Waals surface area contributed by atoms with Crippen molar-refractivity contribution in [3.05, 3.63) is 53.5 Å². The summed E-state index contributed by atoms with van der Waals surface area (Å²) in [6, 6.07) is 7.67. The fraction of sp³-hybridized carbons (Fsp3) is 0.154. The van der Waals surface area contributed by atoms with E-state index in [2.05, 4.69) is 15.3 Å². The predicted molar refractivity (Wildman–Crippen MR) is 76.4 cm³/mol. The lowest BCUT2D eigenvalue weighted by atomic mass is 10.1. The Balaban J connectivity index is 2.20. The van der Waals surface area contributed by atoms with E-state index in [1.54, 1.807) is 12.4 Å².